The van der Waals surface area contributed by atoms with Gasteiger partial charge in [0.15, 0.2) is 0 Å². The van der Waals surface area contributed by atoms with E-state index in [1.807, 2.05) is 0 Å². The van der Waals surface area contributed by atoms with Gasteiger partial charge >= 0.3 is 0 Å². The summed E-state index contributed by atoms with van der Waals surface area (Å²) >= 11 is 0. The Kier molecular flexibility index (Phi) is 2.95. The van der Waals surface area contributed by atoms with Gasteiger partial charge in [-0.25, -0.2) is 0 Å². The third-order valence-corrected chi connectivity index (χ3v) is 5.64. The van der Waals surface area contributed by atoms with Crippen molar-refractivity contribution in [2.45, 2.75) is 65.0 Å². The first-order chi connectivity index (χ1) is 9.67. The molecule has 4 rings (SSSR count). The molecule has 0 aromatic carbocycles. The summed E-state index contributed by atoms with van der Waals surface area (Å²) in [4.78, 5) is 0. The lowest BCUT2D eigenvalue weighted by Gasteiger charge is -2.31. The number of fused-ring (bicyclic) bond motifs is 1. The Hall–Kier alpha value is -0.830. The van der Waals surface area contributed by atoms with Crippen LogP contribution in [0.4, 0.5) is 0 Å². The topological polar surface area (TPSA) is 29.9 Å². The summed E-state index contributed by atoms with van der Waals surface area (Å²) in [5, 5.41) is 8.45. The van der Waals surface area contributed by atoms with Gasteiger partial charge in [-0.2, -0.15) is 5.10 Å². The summed E-state index contributed by atoms with van der Waals surface area (Å²) in [5.41, 5.74) is 3.16. The standard InChI is InChI=1S/C17H27N3/c1-3-20-16(6-12(2)19-20)10-17(11-18-15-4-5-15)8-13-7-14(13)9-17/h6,13-15,18H,3-5,7-11H2,1-2H3. The van der Waals surface area contributed by atoms with Gasteiger partial charge in [0.2, 0.25) is 0 Å². The van der Waals surface area contributed by atoms with Crippen LogP contribution < -0.4 is 5.32 Å². The molecular formula is C17H27N3. The molecule has 2 atom stereocenters. The van der Waals surface area contributed by atoms with Gasteiger partial charge in [0.25, 0.3) is 0 Å². The van der Waals surface area contributed by atoms with E-state index >= 15 is 0 Å². The van der Waals surface area contributed by atoms with Crippen LogP contribution in [0, 0.1) is 24.2 Å². The maximum atomic E-state index is 4.64. The van der Waals surface area contributed by atoms with E-state index in [9.17, 15) is 0 Å². The zero-order valence-corrected chi connectivity index (χ0v) is 12.9. The first-order valence-corrected chi connectivity index (χ1v) is 8.44. The SMILES string of the molecule is CCn1nc(C)cc1CC1(CNC2CC2)CC2CC2C1. The molecule has 3 aliphatic carbocycles. The van der Waals surface area contributed by atoms with Gasteiger partial charge in [0.05, 0.1) is 5.69 Å². The van der Waals surface area contributed by atoms with Crippen LogP contribution in [0.1, 0.15) is 50.4 Å². The molecule has 3 nitrogen and oxygen atoms in total. The lowest BCUT2D eigenvalue weighted by molar-refractivity contribution is 0.241. The van der Waals surface area contributed by atoms with Crippen molar-refractivity contribution in [1.82, 2.24) is 15.1 Å². The van der Waals surface area contributed by atoms with Crippen LogP contribution in [0.3, 0.4) is 0 Å². The first-order valence-electron chi connectivity index (χ1n) is 8.44. The molecule has 0 radical (unpaired) electrons. The smallest absolute Gasteiger partial charge is 0.0596 e. The number of rotatable bonds is 6. The fourth-order valence-corrected chi connectivity index (χ4v) is 4.40. The average molecular weight is 273 g/mol. The van der Waals surface area contributed by atoms with E-state index in [4.69, 9.17) is 0 Å². The Morgan fingerprint density at radius 3 is 2.75 bits per heavy atom. The largest absolute Gasteiger partial charge is 0.313 e. The molecular weight excluding hydrogens is 246 g/mol. The van der Waals surface area contributed by atoms with E-state index < -0.39 is 0 Å². The van der Waals surface area contributed by atoms with Gasteiger partial charge in [0.1, 0.15) is 0 Å². The second-order valence-electron chi connectivity index (χ2n) is 7.59. The minimum atomic E-state index is 0.523. The van der Waals surface area contributed by atoms with Crippen LogP contribution in [0.2, 0.25) is 0 Å². The van der Waals surface area contributed by atoms with Crippen LogP contribution in [0.5, 0.6) is 0 Å². The Morgan fingerprint density at radius 2 is 2.10 bits per heavy atom. The monoisotopic (exact) mass is 273 g/mol. The zero-order chi connectivity index (χ0) is 13.7. The van der Waals surface area contributed by atoms with Gasteiger partial charge in [-0.1, -0.05) is 0 Å². The van der Waals surface area contributed by atoms with Crippen molar-refractivity contribution in [3.8, 4) is 0 Å². The van der Waals surface area contributed by atoms with Gasteiger partial charge in [0, 0.05) is 24.8 Å². The van der Waals surface area contributed by atoms with E-state index in [0.717, 1.165) is 24.4 Å². The molecule has 1 aromatic rings. The highest BCUT2D eigenvalue weighted by atomic mass is 15.3. The predicted molar refractivity (Wildman–Crippen MR) is 80.6 cm³/mol. The highest BCUT2D eigenvalue weighted by Crippen LogP contribution is 2.60. The Balaban J connectivity index is 1.51. The van der Waals surface area contributed by atoms with Crippen molar-refractivity contribution in [1.29, 1.82) is 0 Å². The second kappa shape index (κ2) is 4.59. The summed E-state index contributed by atoms with van der Waals surface area (Å²) in [6, 6.07) is 3.15. The molecule has 3 heteroatoms. The van der Waals surface area contributed by atoms with E-state index in [1.165, 1.54) is 56.5 Å². The molecule has 0 spiro atoms. The summed E-state index contributed by atoms with van der Waals surface area (Å²) < 4.78 is 2.22. The molecule has 110 valence electrons. The van der Waals surface area contributed by atoms with Gasteiger partial charge in [-0.05, 0) is 75.7 Å². The Morgan fingerprint density at radius 1 is 1.35 bits per heavy atom. The number of aromatic nitrogens is 2. The second-order valence-corrected chi connectivity index (χ2v) is 7.59. The number of hydrogen-bond acceptors (Lipinski definition) is 2. The molecule has 0 amide bonds. The third kappa shape index (κ3) is 2.41. The number of nitrogens with zero attached hydrogens (tertiary/aromatic N) is 2. The summed E-state index contributed by atoms with van der Waals surface area (Å²) in [6.45, 7) is 6.56. The minimum Gasteiger partial charge on any atom is -0.313 e. The van der Waals surface area contributed by atoms with Crippen molar-refractivity contribution in [2.24, 2.45) is 17.3 Å². The molecule has 1 aromatic heterocycles. The molecule has 3 aliphatic rings. The van der Waals surface area contributed by atoms with E-state index in [1.54, 1.807) is 0 Å². The minimum absolute atomic E-state index is 0.523. The number of nitrogens with one attached hydrogen (secondary N) is 1. The molecule has 3 fully saturated rings. The highest BCUT2D eigenvalue weighted by molar-refractivity contribution is 5.15. The molecule has 3 saturated carbocycles. The normalized spacial score (nSPS) is 35.3. The van der Waals surface area contributed by atoms with Crippen molar-refractivity contribution in [2.75, 3.05) is 6.54 Å². The Bertz CT molecular complexity index is 490. The van der Waals surface area contributed by atoms with Crippen molar-refractivity contribution >= 4 is 0 Å². The zero-order valence-electron chi connectivity index (χ0n) is 12.9. The van der Waals surface area contributed by atoms with Crippen LogP contribution in [0.25, 0.3) is 0 Å². The van der Waals surface area contributed by atoms with Crippen molar-refractivity contribution in [3.63, 3.8) is 0 Å². The molecule has 0 aliphatic heterocycles. The fourth-order valence-electron chi connectivity index (χ4n) is 4.40. The predicted octanol–water partition coefficient (Wildman–Crippen LogP) is 2.92. The summed E-state index contributed by atoms with van der Waals surface area (Å²) in [6.07, 6.45) is 8.44. The summed E-state index contributed by atoms with van der Waals surface area (Å²) in [5.74, 6) is 2.10. The van der Waals surface area contributed by atoms with E-state index in [-0.39, 0.29) is 0 Å². The maximum absolute atomic E-state index is 4.64. The Labute approximate surface area is 122 Å². The van der Waals surface area contributed by atoms with Gasteiger partial charge in [-0.15, -0.1) is 0 Å². The molecule has 2 unspecified atom stereocenters. The highest BCUT2D eigenvalue weighted by Gasteiger charge is 2.53. The number of aryl methyl sites for hydroxylation is 2. The van der Waals surface area contributed by atoms with Crippen LogP contribution in [0.15, 0.2) is 6.07 Å². The molecule has 0 bridgehead atoms. The molecule has 0 saturated heterocycles. The van der Waals surface area contributed by atoms with Gasteiger partial charge < -0.3 is 5.32 Å². The lowest BCUT2D eigenvalue weighted by atomic mass is 9.78. The van der Waals surface area contributed by atoms with Gasteiger partial charge in [-0.3, -0.25) is 4.68 Å². The third-order valence-electron chi connectivity index (χ3n) is 5.64. The van der Waals surface area contributed by atoms with Crippen molar-refractivity contribution in [3.05, 3.63) is 17.5 Å². The molecule has 1 heterocycles. The quantitative estimate of drug-likeness (QED) is 0.863. The first kappa shape index (κ1) is 12.9. The maximum Gasteiger partial charge on any atom is 0.0596 e. The van der Waals surface area contributed by atoms with Crippen molar-refractivity contribution < 1.29 is 0 Å². The van der Waals surface area contributed by atoms with Crippen LogP contribution in [-0.4, -0.2) is 22.4 Å². The average Bonchev–Trinajstić information content (AvgIpc) is 3.32. The molecule has 1 N–H and O–H groups in total. The summed E-state index contributed by atoms with van der Waals surface area (Å²) in [7, 11) is 0. The van der Waals surface area contributed by atoms with Crippen LogP contribution >= 0.6 is 0 Å². The van der Waals surface area contributed by atoms with E-state index in [2.05, 4.69) is 35.0 Å². The fraction of sp³-hybridized carbons (Fsp3) is 0.824. The lowest BCUT2D eigenvalue weighted by Crippen LogP contribution is -2.36. The van der Waals surface area contributed by atoms with E-state index in [0.29, 0.717) is 5.41 Å². The molecule has 20 heavy (non-hydrogen) atoms. The number of hydrogen-bond donors (Lipinski definition) is 1. The van der Waals surface area contributed by atoms with Crippen LogP contribution in [-0.2, 0) is 13.0 Å².